The zero-order chi connectivity index (χ0) is 21.9. The first-order valence-corrected chi connectivity index (χ1v) is 13.0. The molecule has 0 aromatic heterocycles. The van der Waals surface area contributed by atoms with E-state index in [-0.39, 0.29) is 11.0 Å². The molecular weight excluding hydrogens is 370 g/mol. The first-order chi connectivity index (χ1) is 12.5. The van der Waals surface area contributed by atoms with Crippen LogP contribution in [0.25, 0.3) is 0 Å². The molecule has 0 saturated carbocycles. The Bertz CT molecular complexity index is 642. The van der Waals surface area contributed by atoms with Crippen molar-refractivity contribution >= 4 is 14.4 Å². The SMILES string of the molecule is CC(C)[C@H](NC(=O)OC(C)(C)C)[C@H](O)c1ccc(CC(C)(C)[Si](C)(C)O)cc1. The predicted molar refractivity (Wildman–Crippen MR) is 117 cm³/mol. The molecule has 1 aromatic carbocycles. The molecule has 0 bridgehead atoms. The third-order valence-corrected chi connectivity index (χ3v) is 8.85. The van der Waals surface area contributed by atoms with Crippen LogP contribution in [0.4, 0.5) is 4.79 Å². The summed E-state index contributed by atoms with van der Waals surface area (Å²) in [6, 6.07) is 7.32. The van der Waals surface area contributed by atoms with Crippen molar-refractivity contribution in [1.29, 1.82) is 0 Å². The van der Waals surface area contributed by atoms with Gasteiger partial charge in [0, 0.05) is 0 Å². The van der Waals surface area contributed by atoms with E-state index in [1.807, 2.05) is 72.0 Å². The maximum absolute atomic E-state index is 12.1. The van der Waals surface area contributed by atoms with Crippen molar-refractivity contribution in [2.75, 3.05) is 0 Å². The van der Waals surface area contributed by atoms with Crippen molar-refractivity contribution in [2.24, 2.45) is 5.92 Å². The number of carbonyl (C=O) groups is 1. The van der Waals surface area contributed by atoms with E-state index in [2.05, 4.69) is 19.2 Å². The number of hydrogen-bond acceptors (Lipinski definition) is 4. The fourth-order valence-electron chi connectivity index (χ4n) is 2.82. The molecule has 0 heterocycles. The molecule has 28 heavy (non-hydrogen) atoms. The molecule has 0 aliphatic heterocycles. The Morgan fingerprint density at radius 1 is 1.11 bits per heavy atom. The molecule has 0 spiro atoms. The molecule has 0 fully saturated rings. The minimum atomic E-state index is -2.28. The first-order valence-electron chi connectivity index (χ1n) is 10.0. The van der Waals surface area contributed by atoms with Crippen LogP contribution in [-0.4, -0.2) is 36.0 Å². The molecule has 0 aliphatic carbocycles. The highest BCUT2D eigenvalue weighted by atomic mass is 28.4. The van der Waals surface area contributed by atoms with E-state index in [1.54, 1.807) is 0 Å². The Kier molecular flexibility index (Phi) is 7.90. The summed E-state index contributed by atoms with van der Waals surface area (Å²) in [5, 5.41) is 13.5. The van der Waals surface area contributed by atoms with Crippen molar-refractivity contribution in [3.63, 3.8) is 0 Å². The van der Waals surface area contributed by atoms with Gasteiger partial charge >= 0.3 is 6.09 Å². The molecule has 0 radical (unpaired) electrons. The van der Waals surface area contributed by atoms with E-state index < -0.39 is 32.2 Å². The lowest BCUT2D eigenvalue weighted by molar-refractivity contribution is 0.0374. The zero-order valence-corrected chi connectivity index (χ0v) is 20.0. The van der Waals surface area contributed by atoms with Gasteiger partial charge in [0.05, 0.1) is 12.1 Å². The Labute approximate surface area is 171 Å². The number of benzene rings is 1. The van der Waals surface area contributed by atoms with Gasteiger partial charge in [-0.3, -0.25) is 0 Å². The van der Waals surface area contributed by atoms with Crippen LogP contribution in [0, 0.1) is 5.92 Å². The molecule has 3 N–H and O–H groups in total. The van der Waals surface area contributed by atoms with Crippen LogP contribution in [0.5, 0.6) is 0 Å². The molecule has 0 aliphatic rings. The third-order valence-electron chi connectivity index (χ3n) is 5.37. The second-order valence-corrected chi connectivity index (χ2v) is 14.7. The van der Waals surface area contributed by atoms with Gasteiger partial charge in [0.15, 0.2) is 8.32 Å². The van der Waals surface area contributed by atoms with Crippen LogP contribution < -0.4 is 5.32 Å². The Balaban J connectivity index is 2.91. The molecule has 5 nitrogen and oxygen atoms in total. The summed E-state index contributed by atoms with van der Waals surface area (Å²) in [7, 11) is -2.28. The molecule has 2 atom stereocenters. The van der Waals surface area contributed by atoms with Gasteiger partial charge in [-0.2, -0.15) is 0 Å². The van der Waals surface area contributed by atoms with Gasteiger partial charge < -0.3 is 20.0 Å². The number of alkyl carbamates (subject to hydrolysis) is 1. The summed E-state index contributed by atoms with van der Waals surface area (Å²) in [6.45, 7) is 17.5. The molecule has 1 rings (SSSR count). The van der Waals surface area contributed by atoms with Crippen molar-refractivity contribution in [2.45, 2.75) is 90.8 Å². The van der Waals surface area contributed by atoms with Crippen molar-refractivity contribution in [1.82, 2.24) is 5.32 Å². The first kappa shape index (κ1) is 24.7. The van der Waals surface area contributed by atoms with E-state index in [1.165, 1.54) is 0 Å². The Morgan fingerprint density at radius 2 is 1.61 bits per heavy atom. The van der Waals surface area contributed by atoms with Crippen LogP contribution >= 0.6 is 0 Å². The second-order valence-electron chi connectivity index (χ2n) is 10.2. The molecule has 1 aromatic rings. The topological polar surface area (TPSA) is 78.8 Å². The molecular formula is C22H39NO4Si. The van der Waals surface area contributed by atoms with Crippen LogP contribution in [0.1, 0.15) is 65.7 Å². The minimum absolute atomic E-state index is 0.0299. The lowest BCUT2D eigenvalue weighted by Crippen LogP contribution is -2.45. The molecule has 0 saturated heterocycles. The number of aliphatic hydroxyl groups excluding tert-OH is 1. The highest BCUT2D eigenvalue weighted by Gasteiger charge is 2.38. The lowest BCUT2D eigenvalue weighted by atomic mass is 9.92. The number of amides is 1. The van der Waals surface area contributed by atoms with Gasteiger partial charge in [-0.25, -0.2) is 4.79 Å². The quantitative estimate of drug-likeness (QED) is 0.566. The summed E-state index contributed by atoms with van der Waals surface area (Å²) in [4.78, 5) is 22.6. The van der Waals surface area contributed by atoms with Gasteiger partial charge in [0.25, 0.3) is 0 Å². The largest absolute Gasteiger partial charge is 0.444 e. The highest BCUT2D eigenvalue weighted by Crippen LogP contribution is 2.38. The van der Waals surface area contributed by atoms with Crippen LogP contribution in [0.3, 0.4) is 0 Å². The normalized spacial score (nSPS) is 15.3. The monoisotopic (exact) mass is 409 g/mol. The molecule has 1 amide bonds. The summed E-state index contributed by atoms with van der Waals surface area (Å²) in [6.07, 6.45) is -0.583. The van der Waals surface area contributed by atoms with E-state index in [4.69, 9.17) is 4.74 Å². The minimum Gasteiger partial charge on any atom is -0.444 e. The fraction of sp³-hybridized carbons (Fsp3) is 0.682. The van der Waals surface area contributed by atoms with Gasteiger partial charge in [0.1, 0.15) is 5.60 Å². The van der Waals surface area contributed by atoms with Crippen molar-refractivity contribution < 1.29 is 19.4 Å². The van der Waals surface area contributed by atoms with Crippen LogP contribution in [0.2, 0.25) is 18.1 Å². The van der Waals surface area contributed by atoms with E-state index in [9.17, 15) is 14.7 Å². The number of nitrogens with one attached hydrogen (secondary N) is 1. The highest BCUT2D eigenvalue weighted by molar-refractivity contribution is 6.72. The smallest absolute Gasteiger partial charge is 0.407 e. The molecule has 160 valence electrons. The van der Waals surface area contributed by atoms with Gasteiger partial charge in [-0.05, 0) is 62.4 Å². The van der Waals surface area contributed by atoms with E-state index in [0.29, 0.717) is 0 Å². The average molecular weight is 410 g/mol. The number of aliphatic hydroxyl groups is 1. The maximum Gasteiger partial charge on any atom is 0.407 e. The van der Waals surface area contributed by atoms with Crippen LogP contribution in [0.15, 0.2) is 24.3 Å². The maximum atomic E-state index is 12.1. The molecule has 0 unspecified atom stereocenters. The van der Waals surface area contributed by atoms with Crippen molar-refractivity contribution in [3.8, 4) is 0 Å². The average Bonchev–Trinajstić information content (AvgIpc) is 2.49. The van der Waals surface area contributed by atoms with E-state index >= 15 is 0 Å². The van der Waals surface area contributed by atoms with Crippen LogP contribution in [-0.2, 0) is 11.2 Å². The zero-order valence-electron chi connectivity index (χ0n) is 19.0. The number of carbonyl (C=O) groups excluding carboxylic acids is 1. The number of rotatable bonds is 7. The summed E-state index contributed by atoms with van der Waals surface area (Å²) in [5.41, 5.74) is 1.28. The Hall–Kier alpha value is -1.37. The number of hydrogen-bond donors (Lipinski definition) is 3. The van der Waals surface area contributed by atoms with Gasteiger partial charge in [0.2, 0.25) is 0 Å². The summed E-state index contributed by atoms with van der Waals surface area (Å²) < 4.78 is 5.33. The summed E-state index contributed by atoms with van der Waals surface area (Å²) in [5.74, 6) is 0.0299. The third kappa shape index (κ3) is 7.22. The van der Waals surface area contributed by atoms with E-state index in [0.717, 1.165) is 17.5 Å². The number of ether oxygens (including phenoxy) is 1. The van der Waals surface area contributed by atoms with Gasteiger partial charge in [-0.15, -0.1) is 0 Å². The van der Waals surface area contributed by atoms with Crippen molar-refractivity contribution in [3.05, 3.63) is 35.4 Å². The standard InChI is InChI=1S/C22H39NO4Si/c1-15(2)18(23-20(25)27-21(3,4)5)19(24)17-12-10-16(11-13-17)14-22(6,7)28(8,9)26/h10-13,15,18-19,24,26H,14H2,1-9H3,(H,23,25)/t18-,19+/m0/s1. The predicted octanol–water partition coefficient (Wildman–Crippen LogP) is 4.79. The second kappa shape index (κ2) is 8.97. The molecule has 6 heteroatoms. The Morgan fingerprint density at radius 3 is 2.00 bits per heavy atom. The lowest BCUT2D eigenvalue weighted by Gasteiger charge is -2.35. The summed E-state index contributed by atoms with van der Waals surface area (Å²) >= 11 is 0. The fourth-order valence-corrected chi connectivity index (χ4v) is 3.46. The van der Waals surface area contributed by atoms with Gasteiger partial charge in [-0.1, -0.05) is 52.0 Å².